The molecule has 1 N–H and O–H groups in total. The molecule has 0 aliphatic rings. The maximum Gasteiger partial charge on any atom is 0.416 e. The Kier molecular flexibility index (Phi) is 7.41. The fourth-order valence-corrected chi connectivity index (χ4v) is 3.00. The van der Waals surface area contributed by atoms with Crippen molar-refractivity contribution in [2.45, 2.75) is 31.5 Å². The lowest BCUT2D eigenvalue weighted by molar-refractivity contribution is -0.137. The SMILES string of the molecule is CO[C@@H](c1ccccc1)c1nnc(CCC(=O)NCCc2ccc(C(F)(F)F)cc2)o1. The molecular weight excluding hydrogens is 411 g/mol. The maximum absolute atomic E-state index is 12.6. The van der Waals surface area contributed by atoms with Crippen molar-refractivity contribution in [3.63, 3.8) is 0 Å². The lowest BCUT2D eigenvalue weighted by Gasteiger charge is -2.10. The molecule has 31 heavy (non-hydrogen) atoms. The molecule has 0 unspecified atom stereocenters. The molecule has 2 aromatic carbocycles. The van der Waals surface area contributed by atoms with E-state index in [1.807, 2.05) is 30.3 Å². The van der Waals surface area contributed by atoms with E-state index in [4.69, 9.17) is 9.15 Å². The molecular formula is C22H22F3N3O3. The highest BCUT2D eigenvalue weighted by molar-refractivity contribution is 5.76. The number of aryl methyl sites for hydroxylation is 1. The molecule has 0 bridgehead atoms. The van der Waals surface area contributed by atoms with Gasteiger partial charge in [-0.25, -0.2) is 0 Å². The van der Waals surface area contributed by atoms with Gasteiger partial charge in [0, 0.05) is 26.5 Å². The van der Waals surface area contributed by atoms with E-state index < -0.39 is 17.8 Å². The average Bonchev–Trinajstić information content (AvgIpc) is 3.22. The Hall–Kier alpha value is -3.20. The Morgan fingerprint density at radius 1 is 1.06 bits per heavy atom. The van der Waals surface area contributed by atoms with Crippen molar-refractivity contribution >= 4 is 5.91 Å². The van der Waals surface area contributed by atoms with Gasteiger partial charge in [0.1, 0.15) is 0 Å². The highest BCUT2D eigenvalue weighted by Gasteiger charge is 2.29. The molecule has 0 saturated heterocycles. The third-order valence-corrected chi connectivity index (χ3v) is 4.63. The summed E-state index contributed by atoms with van der Waals surface area (Å²) in [4.78, 5) is 12.0. The van der Waals surface area contributed by atoms with Crippen molar-refractivity contribution in [1.29, 1.82) is 0 Å². The van der Waals surface area contributed by atoms with Gasteiger partial charge >= 0.3 is 6.18 Å². The van der Waals surface area contributed by atoms with E-state index in [0.717, 1.165) is 17.7 Å². The first kappa shape index (κ1) is 22.5. The molecule has 1 aromatic heterocycles. The van der Waals surface area contributed by atoms with E-state index in [-0.39, 0.29) is 18.7 Å². The van der Waals surface area contributed by atoms with Crippen LogP contribution in [0.3, 0.4) is 0 Å². The van der Waals surface area contributed by atoms with Crippen LogP contribution in [0.4, 0.5) is 13.2 Å². The number of aromatic nitrogens is 2. The molecule has 0 spiro atoms. The Bertz CT molecular complexity index is 973. The number of hydrogen-bond acceptors (Lipinski definition) is 5. The van der Waals surface area contributed by atoms with Gasteiger partial charge < -0.3 is 14.5 Å². The van der Waals surface area contributed by atoms with Crippen LogP contribution in [0.15, 0.2) is 59.0 Å². The van der Waals surface area contributed by atoms with Crippen molar-refractivity contribution in [2.75, 3.05) is 13.7 Å². The zero-order valence-corrected chi connectivity index (χ0v) is 16.9. The van der Waals surface area contributed by atoms with Gasteiger partial charge in [-0.15, -0.1) is 10.2 Å². The topological polar surface area (TPSA) is 77.2 Å². The van der Waals surface area contributed by atoms with Crippen molar-refractivity contribution in [2.24, 2.45) is 0 Å². The molecule has 0 aliphatic heterocycles. The minimum atomic E-state index is -4.36. The van der Waals surface area contributed by atoms with E-state index in [9.17, 15) is 18.0 Å². The maximum atomic E-state index is 12.6. The number of amides is 1. The molecule has 6 nitrogen and oxygen atoms in total. The average molecular weight is 433 g/mol. The monoisotopic (exact) mass is 433 g/mol. The van der Waals surface area contributed by atoms with Crippen molar-refractivity contribution < 1.29 is 27.1 Å². The number of rotatable bonds is 9. The molecule has 0 saturated carbocycles. The Balaban J connectivity index is 1.44. The number of carbonyl (C=O) groups is 1. The van der Waals surface area contributed by atoms with Crippen molar-refractivity contribution in [3.05, 3.63) is 83.1 Å². The summed E-state index contributed by atoms with van der Waals surface area (Å²) >= 11 is 0. The van der Waals surface area contributed by atoms with Gasteiger partial charge in [0.25, 0.3) is 0 Å². The van der Waals surface area contributed by atoms with Crippen LogP contribution >= 0.6 is 0 Å². The molecule has 0 aliphatic carbocycles. The van der Waals surface area contributed by atoms with Gasteiger partial charge in [0.05, 0.1) is 5.56 Å². The second-order valence-electron chi connectivity index (χ2n) is 6.86. The minimum absolute atomic E-state index is 0.150. The van der Waals surface area contributed by atoms with Crippen molar-refractivity contribution in [3.8, 4) is 0 Å². The second kappa shape index (κ2) is 10.2. The predicted octanol–water partition coefficient (Wildman–Crippen LogP) is 4.12. The zero-order chi connectivity index (χ0) is 22.3. The van der Waals surface area contributed by atoms with E-state index in [2.05, 4.69) is 15.5 Å². The Morgan fingerprint density at radius 2 is 1.77 bits per heavy atom. The van der Waals surface area contributed by atoms with E-state index in [1.54, 1.807) is 7.11 Å². The first-order chi connectivity index (χ1) is 14.9. The number of benzene rings is 2. The van der Waals surface area contributed by atoms with E-state index in [0.29, 0.717) is 30.3 Å². The van der Waals surface area contributed by atoms with Crippen LogP contribution in [0.2, 0.25) is 0 Å². The number of methoxy groups -OCH3 is 1. The second-order valence-corrected chi connectivity index (χ2v) is 6.86. The standard InChI is InChI=1S/C22H22F3N3O3/c1-30-20(16-5-3-2-4-6-16)21-28-27-19(31-21)12-11-18(29)26-14-13-15-7-9-17(10-8-15)22(23,24)25/h2-10,20H,11-14H2,1H3,(H,26,29)/t20-/m0/s1. The van der Waals surface area contributed by atoms with Crippen LogP contribution in [0.25, 0.3) is 0 Å². The zero-order valence-electron chi connectivity index (χ0n) is 16.9. The smallest absolute Gasteiger partial charge is 0.416 e. The van der Waals surface area contributed by atoms with Crippen LogP contribution in [-0.4, -0.2) is 29.8 Å². The number of carbonyl (C=O) groups excluding carboxylic acids is 1. The lowest BCUT2D eigenvalue weighted by Crippen LogP contribution is -2.25. The summed E-state index contributed by atoms with van der Waals surface area (Å²) in [6.07, 6.45) is -3.99. The molecule has 0 fully saturated rings. The van der Waals surface area contributed by atoms with Crippen LogP contribution in [0.1, 0.15) is 41.0 Å². The number of ether oxygens (including phenoxy) is 1. The first-order valence-corrected chi connectivity index (χ1v) is 9.69. The Labute approximate surface area is 177 Å². The summed E-state index contributed by atoms with van der Waals surface area (Å²) < 4.78 is 48.8. The molecule has 1 amide bonds. The summed E-state index contributed by atoms with van der Waals surface area (Å²) in [7, 11) is 1.55. The number of halogens is 3. The number of hydrogen-bond donors (Lipinski definition) is 1. The molecule has 1 heterocycles. The highest BCUT2D eigenvalue weighted by Crippen LogP contribution is 2.29. The van der Waals surface area contributed by atoms with E-state index in [1.165, 1.54) is 12.1 Å². The summed E-state index contributed by atoms with van der Waals surface area (Å²) in [5.74, 6) is 0.426. The first-order valence-electron chi connectivity index (χ1n) is 9.69. The third kappa shape index (κ3) is 6.39. The molecule has 9 heteroatoms. The normalized spacial score (nSPS) is 12.5. The summed E-state index contributed by atoms with van der Waals surface area (Å²) in [6, 6.07) is 14.3. The number of alkyl halides is 3. The molecule has 0 radical (unpaired) electrons. The fraction of sp³-hybridized carbons (Fsp3) is 0.318. The summed E-state index contributed by atoms with van der Waals surface area (Å²) in [5.41, 5.74) is 0.893. The molecule has 3 aromatic rings. The summed E-state index contributed by atoms with van der Waals surface area (Å²) in [5, 5.41) is 10.7. The number of nitrogens with zero attached hydrogens (tertiary/aromatic N) is 2. The van der Waals surface area contributed by atoms with Gasteiger partial charge in [-0.05, 0) is 29.7 Å². The van der Waals surface area contributed by atoms with Gasteiger partial charge in [-0.1, -0.05) is 42.5 Å². The predicted molar refractivity (Wildman–Crippen MR) is 106 cm³/mol. The van der Waals surface area contributed by atoms with Gasteiger partial charge in [-0.2, -0.15) is 13.2 Å². The third-order valence-electron chi connectivity index (χ3n) is 4.63. The van der Waals surface area contributed by atoms with Crippen LogP contribution in [0.5, 0.6) is 0 Å². The van der Waals surface area contributed by atoms with Crippen LogP contribution < -0.4 is 5.32 Å². The Morgan fingerprint density at radius 3 is 2.42 bits per heavy atom. The summed E-state index contributed by atoms with van der Waals surface area (Å²) in [6.45, 7) is 0.318. The highest BCUT2D eigenvalue weighted by atomic mass is 19.4. The van der Waals surface area contributed by atoms with E-state index >= 15 is 0 Å². The minimum Gasteiger partial charge on any atom is -0.422 e. The number of nitrogens with one attached hydrogen (secondary N) is 1. The molecule has 164 valence electrons. The quantitative estimate of drug-likeness (QED) is 0.550. The fourth-order valence-electron chi connectivity index (χ4n) is 3.00. The van der Waals surface area contributed by atoms with Crippen LogP contribution in [0, 0.1) is 0 Å². The molecule has 1 atom stereocenters. The van der Waals surface area contributed by atoms with Gasteiger partial charge in [0.15, 0.2) is 6.10 Å². The largest absolute Gasteiger partial charge is 0.422 e. The lowest BCUT2D eigenvalue weighted by atomic mass is 10.1. The molecule has 3 rings (SSSR count). The van der Waals surface area contributed by atoms with Crippen LogP contribution in [-0.2, 0) is 28.5 Å². The van der Waals surface area contributed by atoms with Gasteiger partial charge in [0.2, 0.25) is 17.7 Å². The van der Waals surface area contributed by atoms with Crippen molar-refractivity contribution in [1.82, 2.24) is 15.5 Å². The van der Waals surface area contributed by atoms with Gasteiger partial charge in [-0.3, -0.25) is 4.79 Å².